The summed E-state index contributed by atoms with van der Waals surface area (Å²) in [6.07, 6.45) is 0. The molecule has 1 aromatic heterocycles. The van der Waals surface area contributed by atoms with E-state index in [-0.39, 0.29) is 5.57 Å². The van der Waals surface area contributed by atoms with E-state index in [2.05, 4.69) is 0 Å². The van der Waals surface area contributed by atoms with Crippen LogP contribution in [0.1, 0.15) is 12.5 Å². The zero-order valence-corrected chi connectivity index (χ0v) is 16.0. The van der Waals surface area contributed by atoms with Gasteiger partial charge in [-0.15, -0.1) is 0 Å². The summed E-state index contributed by atoms with van der Waals surface area (Å²) in [6, 6.07) is 21.5. The molecule has 0 aliphatic carbocycles. The first-order valence-corrected chi connectivity index (χ1v) is 9.15. The van der Waals surface area contributed by atoms with Crippen LogP contribution in [0.5, 0.6) is 0 Å². The molecule has 0 amide bonds. The molecule has 1 heterocycles. The number of benzene rings is 3. The monoisotopic (exact) mass is 385 g/mol. The molecule has 0 fully saturated rings. The standard InChI is InChI=1S/C24H19NO4/c1-14(21(23(26)27)24(28)29)20-18-11-5-6-13-19(18)25(2)22(20)17-12-7-9-15-8-3-4-10-16(15)17/h3-13H,1-2H3,(H,26,27)(H,28,29). The van der Waals surface area contributed by atoms with Gasteiger partial charge in [0.1, 0.15) is 5.57 Å². The number of aromatic nitrogens is 1. The summed E-state index contributed by atoms with van der Waals surface area (Å²) >= 11 is 0. The van der Waals surface area contributed by atoms with Crippen LogP contribution >= 0.6 is 0 Å². The molecule has 2 N–H and O–H groups in total. The molecule has 0 saturated carbocycles. The number of carbonyl (C=O) groups is 2. The molecule has 144 valence electrons. The van der Waals surface area contributed by atoms with Gasteiger partial charge in [-0.05, 0) is 29.3 Å². The summed E-state index contributed by atoms with van der Waals surface area (Å²) in [5, 5.41) is 22.0. The van der Waals surface area contributed by atoms with Gasteiger partial charge < -0.3 is 14.8 Å². The average Bonchev–Trinajstić information content (AvgIpc) is 2.99. The Kier molecular flexibility index (Phi) is 4.43. The molecule has 3 aromatic carbocycles. The zero-order chi connectivity index (χ0) is 20.7. The van der Waals surface area contributed by atoms with Crippen molar-refractivity contribution in [3.8, 4) is 11.3 Å². The van der Waals surface area contributed by atoms with Crippen molar-refractivity contribution in [1.29, 1.82) is 0 Å². The number of hydrogen-bond acceptors (Lipinski definition) is 2. The van der Waals surface area contributed by atoms with Gasteiger partial charge in [0.2, 0.25) is 0 Å². The topological polar surface area (TPSA) is 79.5 Å². The van der Waals surface area contributed by atoms with Crippen LogP contribution in [0.25, 0.3) is 38.5 Å². The summed E-state index contributed by atoms with van der Waals surface area (Å²) in [6.45, 7) is 1.56. The first-order chi connectivity index (χ1) is 13.9. The molecule has 5 heteroatoms. The van der Waals surface area contributed by atoms with E-state index < -0.39 is 17.5 Å². The van der Waals surface area contributed by atoms with Gasteiger partial charge in [-0.3, -0.25) is 0 Å². The summed E-state index contributed by atoms with van der Waals surface area (Å²) in [4.78, 5) is 23.4. The largest absolute Gasteiger partial charge is 0.477 e. The summed E-state index contributed by atoms with van der Waals surface area (Å²) < 4.78 is 2.00. The van der Waals surface area contributed by atoms with E-state index in [9.17, 15) is 19.8 Å². The second kappa shape index (κ2) is 6.95. The normalized spacial score (nSPS) is 11.0. The van der Waals surface area contributed by atoms with Crippen molar-refractivity contribution in [2.45, 2.75) is 6.92 Å². The lowest BCUT2D eigenvalue weighted by Crippen LogP contribution is -2.13. The van der Waals surface area contributed by atoms with Crippen LogP contribution < -0.4 is 0 Å². The van der Waals surface area contributed by atoms with Gasteiger partial charge in [0, 0.05) is 29.1 Å². The van der Waals surface area contributed by atoms with Crippen LogP contribution in [-0.4, -0.2) is 26.7 Å². The Morgan fingerprint density at radius 1 is 0.793 bits per heavy atom. The smallest absolute Gasteiger partial charge is 0.343 e. The highest BCUT2D eigenvalue weighted by Crippen LogP contribution is 2.41. The maximum atomic E-state index is 11.7. The lowest BCUT2D eigenvalue weighted by atomic mass is 9.93. The van der Waals surface area contributed by atoms with Gasteiger partial charge in [-0.25, -0.2) is 9.59 Å². The van der Waals surface area contributed by atoms with Gasteiger partial charge in [0.05, 0.1) is 5.69 Å². The zero-order valence-electron chi connectivity index (χ0n) is 16.0. The predicted octanol–water partition coefficient (Wildman–Crippen LogP) is 4.94. The molecular weight excluding hydrogens is 366 g/mol. The second-order valence-electron chi connectivity index (χ2n) is 6.94. The molecule has 0 aliphatic heterocycles. The first-order valence-electron chi connectivity index (χ1n) is 9.15. The Balaban J connectivity index is 2.20. The van der Waals surface area contributed by atoms with E-state index >= 15 is 0 Å². The van der Waals surface area contributed by atoms with E-state index in [0.29, 0.717) is 5.56 Å². The number of allylic oxidation sites excluding steroid dienone is 1. The molecule has 4 aromatic rings. The van der Waals surface area contributed by atoms with Crippen molar-refractivity contribution < 1.29 is 19.8 Å². The molecule has 0 atom stereocenters. The Morgan fingerprint density at radius 3 is 2.07 bits per heavy atom. The average molecular weight is 385 g/mol. The third kappa shape index (κ3) is 2.88. The van der Waals surface area contributed by atoms with Crippen molar-refractivity contribution in [3.63, 3.8) is 0 Å². The Bertz CT molecular complexity index is 1310. The highest BCUT2D eigenvalue weighted by molar-refractivity contribution is 6.21. The summed E-state index contributed by atoms with van der Waals surface area (Å²) in [5.74, 6) is -2.90. The maximum absolute atomic E-state index is 11.7. The van der Waals surface area contributed by atoms with Crippen LogP contribution in [0.15, 0.2) is 72.3 Å². The Morgan fingerprint density at radius 2 is 1.38 bits per heavy atom. The molecule has 0 radical (unpaired) electrons. The predicted molar refractivity (Wildman–Crippen MR) is 114 cm³/mol. The molecule has 0 bridgehead atoms. The van der Waals surface area contributed by atoms with Crippen LogP contribution in [0.2, 0.25) is 0 Å². The lowest BCUT2D eigenvalue weighted by molar-refractivity contribution is -0.140. The van der Waals surface area contributed by atoms with Crippen LogP contribution in [-0.2, 0) is 16.6 Å². The first kappa shape index (κ1) is 18.5. The number of carboxylic acid groups (broad SMARTS) is 2. The number of rotatable bonds is 4. The fourth-order valence-corrected chi connectivity index (χ4v) is 4.06. The van der Waals surface area contributed by atoms with Crippen molar-refractivity contribution in [2.75, 3.05) is 0 Å². The van der Waals surface area contributed by atoms with E-state index in [1.165, 1.54) is 0 Å². The summed E-state index contributed by atoms with van der Waals surface area (Å²) in [7, 11) is 1.91. The Hall–Kier alpha value is -3.86. The van der Waals surface area contributed by atoms with Gasteiger partial charge >= 0.3 is 11.9 Å². The molecule has 0 aliphatic rings. The van der Waals surface area contributed by atoms with Crippen LogP contribution in [0.3, 0.4) is 0 Å². The molecular formula is C24H19NO4. The van der Waals surface area contributed by atoms with Crippen molar-refractivity contribution in [3.05, 3.63) is 77.9 Å². The third-order valence-corrected chi connectivity index (χ3v) is 5.33. The number of hydrogen-bond donors (Lipinski definition) is 2. The number of aliphatic carboxylic acids is 2. The van der Waals surface area contributed by atoms with Crippen LogP contribution in [0.4, 0.5) is 0 Å². The van der Waals surface area contributed by atoms with Crippen molar-refractivity contribution >= 4 is 39.2 Å². The van der Waals surface area contributed by atoms with Crippen molar-refractivity contribution in [2.24, 2.45) is 7.05 Å². The van der Waals surface area contributed by atoms with Gasteiger partial charge in [0.25, 0.3) is 0 Å². The SMILES string of the molecule is CC(=C(C(=O)O)C(=O)O)c1c(-c2cccc3ccccc23)n(C)c2ccccc12. The number of fused-ring (bicyclic) bond motifs is 2. The minimum Gasteiger partial charge on any atom is -0.477 e. The highest BCUT2D eigenvalue weighted by atomic mass is 16.4. The van der Waals surface area contributed by atoms with E-state index in [1.54, 1.807) is 6.92 Å². The number of para-hydroxylation sites is 1. The second-order valence-corrected chi connectivity index (χ2v) is 6.94. The minimum absolute atomic E-state index is 0.227. The Labute approximate surface area is 167 Å². The molecule has 0 saturated heterocycles. The van der Waals surface area contributed by atoms with Gasteiger partial charge in [-0.1, -0.05) is 60.7 Å². The van der Waals surface area contributed by atoms with Gasteiger partial charge in [0.15, 0.2) is 0 Å². The summed E-state index contributed by atoms with van der Waals surface area (Å²) in [5.41, 5.74) is 2.85. The number of aryl methyl sites for hydroxylation is 1. The van der Waals surface area contributed by atoms with E-state index in [4.69, 9.17) is 0 Å². The number of nitrogens with zero attached hydrogens (tertiary/aromatic N) is 1. The van der Waals surface area contributed by atoms with Gasteiger partial charge in [-0.2, -0.15) is 0 Å². The fourth-order valence-electron chi connectivity index (χ4n) is 4.06. The maximum Gasteiger partial charge on any atom is 0.343 e. The molecule has 4 rings (SSSR count). The van der Waals surface area contributed by atoms with Crippen molar-refractivity contribution in [1.82, 2.24) is 4.57 Å². The fraction of sp³-hybridized carbons (Fsp3) is 0.0833. The van der Waals surface area contributed by atoms with Crippen LogP contribution in [0, 0.1) is 0 Å². The molecule has 0 spiro atoms. The number of carboxylic acids is 2. The third-order valence-electron chi connectivity index (χ3n) is 5.33. The quantitative estimate of drug-likeness (QED) is 0.296. The molecule has 29 heavy (non-hydrogen) atoms. The highest BCUT2D eigenvalue weighted by Gasteiger charge is 2.26. The minimum atomic E-state index is -1.45. The lowest BCUT2D eigenvalue weighted by Gasteiger charge is -2.13. The van der Waals surface area contributed by atoms with E-state index in [1.807, 2.05) is 78.3 Å². The molecule has 5 nitrogen and oxygen atoms in total. The molecule has 0 unspecified atom stereocenters. The van der Waals surface area contributed by atoms with E-state index in [0.717, 1.165) is 32.9 Å².